The molecule has 0 aromatic carbocycles. The van der Waals surface area contributed by atoms with Crippen molar-refractivity contribution in [3.05, 3.63) is 23.5 Å². The molecule has 0 saturated heterocycles. The maximum Gasteiger partial charge on any atom is 0.232 e. The molecule has 0 aliphatic rings. The van der Waals surface area contributed by atoms with E-state index >= 15 is 0 Å². The zero-order valence-corrected chi connectivity index (χ0v) is 9.98. The Morgan fingerprint density at radius 1 is 1.47 bits per heavy atom. The van der Waals surface area contributed by atoms with E-state index in [2.05, 4.69) is 9.71 Å². The van der Waals surface area contributed by atoms with E-state index in [0.717, 1.165) is 6.42 Å². The van der Waals surface area contributed by atoms with Crippen molar-refractivity contribution in [3.63, 3.8) is 0 Å². The van der Waals surface area contributed by atoms with Crippen LogP contribution in [0.2, 0.25) is 5.15 Å². The Balaban J connectivity index is 2.65. The number of pyridine rings is 1. The lowest BCUT2D eigenvalue weighted by Gasteiger charge is -2.06. The van der Waals surface area contributed by atoms with Gasteiger partial charge in [0.25, 0.3) is 0 Å². The molecule has 0 bridgehead atoms. The maximum atomic E-state index is 11.5. The first-order chi connectivity index (χ1) is 7.03. The van der Waals surface area contributed by atoms with Gasteiger partial charge in [-0.15, -0.1) is 0 Å². The molecule has 1 aromatic heterocycles. The molecule has 0 aliphatic heterocycles. The van der Waals surface area contributed by atoms with Gasteiger partial charge in [-0.25, -0.2) is 13.4 Å². The van der Waals surface area contributed by atoms with Gasteiger partial charge in [0, 0.05) is 0 Å². The molecule has 0 amide bonds. The van der Waals surface area contributed by atoms with Gasteiger partial charge in [-0.05, 0) is 18.6 Å². The molecule has 6 heteroatoms. The number of hydrogen-bond donors (Lipinski definition) is 1. The van der Waals surface area contributed by atoms with Crippen molar-refractivity contribution in [1.82, 2.24) is 4.98 Å². The van der Waals surface area contributed by atoms with E-state index < -0.39 is 10.0 Å². The highest BCUT2D eigenvalue weighted by atomic mass is 35.5. The van der Waals surface area contributed by atoms with Crippen molar-refractivity contribution in [1.29, 1.82) is 0 Å². The fourth-order valence-corrected chi connectivity index (χ4v) is 2.36. The van der Waals surface area contributed by atoms with Crippen LogP contribution in [-0.2, 0) is 10.0 Å². The highest BCUT2D eigenvalue weighted by molar-refractivity contribution is 7.92. The van der Waals surface area contributed by atoms with Crippen LogP contribution in [0.15, 0.2) is 18.3 Å². The van der Waals surface area contributed by atoms with Crippen LogP contribution in [0.1, 0.15) is 19.8 Å². The minimum atomic E-state index is -3.24. The van der Waals surface area contributed by atoms with Crippen molar-refractivity contribution in [2.24, 2.45) is 0 Å². The largest absolute Gasteiger partial charge is 0.282 e. The molecule has 1 heterocycles. The number of rotatable bonds is 5. The van der Waals surface area contributed by atoms with Crippen LogP contribution >= 0.6 is 11.6 Å². The third-order valence-electron chi connectivity index (χ3n) is 1.77. The van der Waals surface area contributed by atoms with E-state index in [1.54, 1.807) is 12.1 Å². The lowest BCUT2D eigenvalue weighted by Crippen LogP contribution is -2.16. The molecule has 0 fully saturated rings. The Morgan fingerprint density at radius 2 is 2.20 bits per heavy atom. The first-order valence-corrected chi connectivity index (χ1v) is 6.68. The second-order valence-corrected chi connectivity index (χ2v) is 5.37. The van der Waals surface area contributed by atoms with Crippen molar-refractivity contribution in [2.75, 3.05) is 10.5 Å². The maximum absolute atomic E-state index is 11.5. The molecule has 1 rings (SSSR count). The van der Waals surface area contributed by atoms with Crippen LogP contribution in [0.4, 0.5) is 5.69 Å². The normalized spacial score (nSPS) is 11.3. The van der Waals surface area contributed by atoms with Crippen molar-refractivity contribution in [3.8, 4) is 0 Å². The smallest absolute Gasteiger partial charge is 0.232 e. The van der Waals surface area contributed by atoms with Crippen LogP contribution < -0.4 is 4.72 Å². The Kier molecular flexibility index (Phi) is 4.35. The number of nitrogens with zero attached hydrogens (tertiary/aromatic N) is 1. The zero-order valence-electron chi connectivity index (χ0n) is 8.40. The predicted molar refractivity (Wildman–Crippen MR) is 61.6 cm³/mol. The molecular formula is C9H13ClN2O2S. The van der Waals surface area contributed by atoms with Crippen LogP contribution in [0.3, 0.4) is 0 Å². The van der Waals surface area contributed by atoms with Gasteiger partial charge in [0.05, 0.1) is 17.6 Å². The Morgan fingerprint density at radius 3 is 2.73 bits per heavy atom. The van der Waals surface area contributed by atoms with E-state index in [0.29, 0.717) is 17.3 Å². The summed E-state index contributed by atoms with van der Waals surface area (Å²) < 4.78 is 25.4. The van der Waals surface area contributed by atoms with Gasteiger partial charge in [0.1, 0.15) is 5.15 Å². The van der Waals surface area contributed by atoms with E-state index in [4.69, 9.17) is 11.6 Å². The second-order valence-electron chi connectivity index (χ2n) is 3.14. The fraction of sp³-hybridized carbons (Fsp3) is 0.444. The van der Waals surface area contributed by atoms with Gasteiger partial charge < -0.3 is 0 Å². The third kappa shape index (κ3) is 4.48. The Bertz CT molecular complexity index is 403. The Labute approximate surface area is 94.7 Å². The van der Waals surface area contributed by atoms with Crippen LogP contribution in [0.25, 0.3) is 0 Å². The molecule has 1 aromatic rings. The quantitative estimate of drug-likeness (QED) is 0.814. The van der Waals surface area contributed by atoms with Gasteiger partial charge in [0.2, 0.25) is 10.0 Å². The lowest BCUT2D eigenvalue weighted by atomic mass is 10.4. The summed E-state index contributed by atoms with van der Waals surface area (Å²) >= 11 is 5.58. The van der Waals surface area contributed by atoms with Gasteiger partial charge in [-0.3, -0.25) is 4.72 Å². The minimum Gasteiger partial charge on any atom is -0.282 e. The van der Waals surface area contributed by atoms with E-state index in [-0.39, 0.29) is 5.75 Å². The average Bonchev–Trinajstić information content (AvgIpc) is 2.18. The standard InChI is InChI=1S/C9H13ClN2O2S/c1-2-3-6-15(13,14)12-8-4-5-9(10)11-7-8/h4-5,7,12H,2-3,6H2,1H3. The Hall–Kier alpha value is -0.810. The fourth-order valence-electron chi connectivity index (χ4n) is 1.00. The number of unbranched alkanes of at least 4 members (excludes halogenated alkanes) is 1. The molecule has 4 nitrogen and oxygen atoms in total. The molecule has 0 aliphatic carbocycles. The monoisotopic (exact) mass is 248 g/mol. The highest BCUT2D eigenvalue weighted by Crippen LogP contribution is 2.11. The summed E-state index contributed by atoms with van der Waals surface area (Å²) in [7, 11) is -3.24. The summed E-state index contributed by atoms with van der Waals surface area (Å²) in [5.41, 5.74) is 0.440. The van der Waals surface area contributed by atoms with Crippen molar-refractivity contribution in [2.45, 2.75) is 19.8 Å². The molecule has 1 N–H and O–H groups in total. The topological polar surface area (TPSA) is 59.1 Å². The highest BCUT2D eigenvalue weighted by Gasteiger charge is 2.09. The summed E-state index contributed by atoms with van der Waals surface area (Å²) in [6.45, 7) is 1.94. The summed E-state index contributed by atoms with van der Waals surface area (Å²) in [6.07, 6.45) is 2.89. The second kappa shape index (κ2) is 5.32. The molecule has 84 valence electrons. The van der Waals surface area contributed by atoms with E-state index in [9.17, 15) is 8.42 Å². The van der Waals surface area contributed by atoms with Gasteiger partial charge in [-0.1, -0.05) is 24.9 Å². The van der Waals surface area contributed by atoms with E-state index in [1.165, 1.54) is 6.20 Å². The number of nitrogens with one attached hydrogen (secondary N) is 1. The van der Waals surface area contributed by atoms with E-state index in [1.807, 2.05) is 6.92 Å². The summed E-state index contributed by atoms with van der Waals surface area (Å²) in [5.74, 6) is 0.131. The molecular weight excluding hydrogens is 236 g/mol. The summed E-state index contributed by atoms with van der Waals surface area (Å²) in [5, 5.41) is 0.339. The first kappa shape index (κ1) is 12.3. The van der Waals surface area contributed by atoms with Gasteiger partial charge >= 0.3 is 0 Å². The average molecular weight is 249 g/mol. The third-order valence-corrected chi connectivity index (χ3v) is 3.36. The van der Waals surface area contributed by atoms with Crippen molar-refractivity contribution >= 4 is 27.3 Å². The van der Waals surface area contributed by atoms with Crippen molar-refractivity contribution < 1.29 is 8.42 Å². The zero-order chi connectivity index (χ0) is 11.3. The first-order valence-electron chi connectivity index (χ1n) is 4.65. The number of hydrogen-bond acceptors (Lipinski definition) is 3. The minimum absolute atomic E-state index is 0.131. The lowest BCUT2D eigenvalue weighted by molar-refractivity contribution is 0.598. The van der Waals surface area contributed by atoms with Crippen LogP contribution in [-0.4, -0.2) is 19.2 Å². The molecule has 0 radical (unpaired) electrons. The van der Waals surface area contributed by atoms with Crippen LogP contribution in [0, 0.1) is 0 Å². The summed E-state index contributed by atoms with van der Waals surface area (Å²) in [4.78, 5) is 3.78. The molecule has 0 unspecified atom stereocenters. The van der Waals surface area contributed by atoms with Gasteiger partial charge in [0.15, 0.2) is 0 Å². The SMILES string of the molecule is CCCCS(=O)(=O)Nc1ccc(Cl)nc1. The molecule has 0 spiro atoms. The van der Waals surface area contributed by atoms with Gasteiger partial charge in [-0.2, -0.15) is 0 Å². The molecule has 0 atom stereocenters. The number of halogens is 1. The predicted octanol–water partition coefficient (Wildman–Crippen LogP) is 2.28. The number of aromatic nitrogens is 1. The molecule has 0 saturated carbocycles. The number of sulfonamides is 1. The number of anilines is 1. The molecule has 15 heavy (non-hydrogen) atoms. The summed E-state index contributed by atoms with van der Waals surface area (Å²) in [6, 6.07) is 3.12. The van der Waals surface area contributed by atoms with Crippen LogP contribution in [0.5, 0.6) is 0 Å².